The van der Waals surface area contributed by atoms with Gasteiger partial charge >= 0.3 is 0 Å². The average Bonchev–Trinajstić information content (AvgIpc) is 3.35. The molecule has 4 heteroatoms. The number of carbonyl (C=O) groups is 1. The van der Waals surface area contributed by atoms with E-state index in [0.717, 1.165) is 23.2 Å². The number of rotatable bonds is 2. The molecule has 1 aliphatic heterocycles. The van der Waals surface area contributed by atoms with Crippen molar-refractivity contribution in [3.8, 4) is 0 Å². The van der Waals surface area contributed by atoms with E-state index in [0.29, 0.717) is 12.3 Å². The molecule has 5 rings (SSSR count). The molecule has 0 spiro atoms. The number of nitrogens with one attached hydrogen (secondary N) is 1. The first kappa shape index (κ1) is 15.9. The monoisotopic (exact) mass is 356 g/mol. The van der Waals surface area contributed by atoms with Crippen molar-refractivity contribution in [2.45, 2.75) is 19.4 Å². The molecule has 1 aliphatic rings. The van der Waals surface area contributed by atoms with Crippen LogP contribution in [0.5, 0.6) is 0 Å². The van der Waals surface area contributed by atoms with Crippen LogP contribution in [0.15, 0.2) is 71.3 Å². The molecule has 2 aromatic carbocycles. The second-order valence-electron chi connectivity index (χ2n) is 7.10. The number of aryl methyl sites for hydroxylation is 1. The molecule has 0 saturated carbocycles. The topological polar surface area (TPSA) is 49.2 Å². The molecule has 1 amide bonds. The van der Waals surface area contributed by atoms with E-state index in [1.807, 2.05) is 11.0 Å². The van der Waals surface area contributed by atoms with Gasteiger partial charge in [-0.25, -0.2) is 0 Å². The Balaban J connectivity index is 1.68. The Morgan fingerprint density at radius 3 is 2.67 bits per heavy atom. The number of nitrogens with zero attached hydrogens (tertiary/aromatic N) is 1. The smallest absolute Gasteiger partial charge is 0.290 e. The predicted octanol–water partition coefficient (Wildman–Crippen LogP) is 4.86. The third-order valence-corrected chi connectivity index (χ3v) is 5.42. The van der Waals surface area contributed by atoms with E-state index in [9.17, 15) is 4.79 Å². The highest BCUT2D eigenvalue weighted by Gasteiger charge is 2.35. The van der Waals surface area contributed by atoms with Crippen molar-refractivity contribution in [2.75, 3.05) is 6.54 Å². The Morgan fingerprint density at radius 2 is 1.89 bits per heavy atom. The number of aromatic amines is 1. The van der Waals surface area contributed by atoms with Gasteiger partial charge in [-0.3, -0.25) is 4.79 Å². The van der Waals surface area contributed by atoms with Crippen molar-refractivity contribution in [1.29, 1.82) is 0 Å². The van der Waals surface area contributed by atoms with Gasteiger partial charge in [-0.2, -0.15) is 0 Å². The lowest BCUT2D eigenvalue weighted by Crippen LogP contribution is -2.40. The minimum absolute atomic E-state index is 0.0742. The third-order valence-electron chi connectivity index (χ3n) is 5.42. The van der Waals surface area contributed by atoms with Crippen LogP contribution in [-0.4, -0.2) is 22.3 Å². The molecular formula is C23H20N2O2. The molecule has 0 fully saturated rings. The van der Waals surface area contributed by atoms with Gasteiger partial charge in [0.25, 0.3) is 5.91 Å². The lowest BCUT2D eigenvalue weighted by atomic mass is 9.91. The number of H-pyrrole nitrogens is 1. The Bertz CT molecular complexity index is 1110. The minimum atomic E-state index is -0.153. The summed E-state index contributed by atoms with van der Waals surface area (Å²) in [5, 5.41) is 1.25. The van der Waals surface area contributed by atoms with E-state index in [1.165, 1.54) is 16.5 Å². The fraction of sp³-hybridized carbons (Fsp3) is 0.174. The number of para-hydroxylation sites is 1. The highest BCUT2D eigenvalue weighted by Crippen LogP contribution is 2.39. The molecule has 2 aromatic heterocycles. The molecule has 0 unspecified atom stereocenters. The molecule has 27 heavy (non-hydrogen) atoms. The maximum Gasteiger partial charge on any atom is 0.290 e. The first-order chi connectivity index (χ1) is 13.2. The van der Waals surface area contributed by atoms with Crippen LogP contribution in [0.1, 0.15) is 39.0 Å². The molecule has 1 atom stereocenters. The van der Waals surface area contributed by atoms with Gasteiger partial charge in [-0.05, 0) is 42.7 Å². The number of carbonyl (C=O) groups excluding carboxylic acids is 1. The number of aromatic nitrogens is 1. The summed E-state index contributed by atoms with van der Waals surface area (Å²) >= 11 is 0. The second-order valence-corrected chi connectivity index (χ2v) is 7.10. The SMILES string of the molecule is Cc1ccc([C@H]2c3[nH]c4ccccc4c3CCN2C(=O)c2ccco2)cc1. The molecule has 0 saturated heterocycles. The molecule has 0 bridgehead atoms. The van der Waals surface area contributed by atoms with Gasteiger partial charge in [0.1, 0.15) is 0 Å². The molecule has 134 valence electrons. The van der Waals surface area contributed by atoms with Gasteiger partial charge in [0, 0.05) is 23.1 Å². The summed E-state index contributed by atoms with van der Waals surface area (Å²) in [5.74, 6) is 0.307. The zero-order valence-electron chi connectivity index (χ0n) is 15.1. The van der Waals surface area contributed by atoms with Crippen LogP contribution < -0.4 is 0 Å². The quantitative estimate of drug-likeness (QED) is 0.558. The van der Waals surface area contributed by atoms with E-state index in [-0.39, 0.29) is 11.9 Å². The van der Waals surface area contributed by atoms with Gasteiger partial charge in [-0.15, -0.1) is 0 Å². The van der Waals surface area contributed by atoms with Gasteiger partial charge in [0.15, 0.2) is 5.76 Å². The Hall–Kier alpha value is -3.27. The highest BCUT2D eigenvalue weighted by atomic mass is 16.3. The van der Waals surface area contributed by atoms with Crippen molar-refractivity contribution < 1.29 is 9.21 Å². The first-order valence-corrected chi connectivity index (χ1v) is 9.23. The van der Waals surface area contributed by atoms with Crippen molar-refractivity contribution in [3.05, 3.63) is 95.1 Å². The van der Waals surface area contributed by atoms with Crippen LogP contribution in [0.2, 0.25) is 0 Å². The van der Waals surface area contributed by atoms with Crippen molar-refractivity contribution in [1.82, 2.24) is 9.88 Å². The second kappa shape index (κ2) is 6.16. The maximum atomic E-state index is 13.2. The number of amides is 1. The lowest BCUT2D eigenvalue weighted by molar-refractivity contribution is 0.0659. The van der Waals surface area contributed by atoms with Gasteiger partial charge in [0.05, 0.1) is 12.3 Å². The summed E-state index contributed by atoms with van der Waals surface area (Å²) in [5.41, 5.74) is 5.83. The number of benzene rings is 2. The van der Waals surface area contributed by atoms with Crippen molar-refractivity contribution in [2.24, 2.45) is 0 Å². The molecule has 0 aliphatic carbocycles. The third kappa shape index (κ3) is 2.56. The Morgan fingerprint density at radius 1 is 1.07 bits per heavy atom. The molecule has 3 heterocycles. The van der Waals surface area contributed by atoms with E-state index < -0.39 is 0 Å². The van der Waals surface area contributed by atoms with Gasteiger partial charge in [0.2, 0.25) is 0 Å². The standard InChI is InChI=1S/C23H20N2O2/c1-15-8-10-16(11-9-15)22-21-18(17-5-2-3-6-19(17)24-21)12-13-25(22)23(26)20-7-4-14-27-20/h2-11,14,22,24H,12-13H2,1H3/t22-/m0/s1. The molecule has 4 aromatic rings. The Kier molecular flexibility index (Phi) is 3.64. The summed E-state index contributed by atoms with van der Waals surface area (Å²) in [4.78, 5) is 18.7. The van der Waals surface area contributed by atoms with E-state index in [1.54, 1.807) is 18.4 Å². The zero-order valence-corrected chi connectivity index (χ0v) is 15.1. The van der Waals surface area contributed by atoms with Crippen molar-refractivity contribution in [3.63, 3.8) is 0 Å². The van der Waals surface area contributed by atoms with Crippen LogP contribution in [0.3, 0.4) is 0 Å². The van der Waals surface area contributed by atoms with E-state index in [4.69, 9.17) is 4.42 Å². The summed E-state index contributed by atoms with van der Waals surface area (Å²) in [6.45, 7) is 2.73. The van der Waals surface area contributed by atoms with Gasteiger partial charge in [-0.1, -0.05) is 48.0 Å². The normalized spacial score (nSPS) is 16.5. The number of fused-ring (bicyclic) bond motifs is 3. The minimum Gasteiger partial charge on any atom is -0.459 e. The highest BCUT2D eigenvalue weighted by molar-refractivity contribution is 5.93. The maximum absolute atomic E-state index is 13.2. The van der Waals surface area contributed by atoms with Crippen LogP contribution in [0.4, 0.5) is 0 Å². The molecule has 0 radical (unpaired) electrons. The van der Waals surface area contributed by atoms with Gasteiger partial charge < -0.3 is 14.3 Å². The van der Waals surface area contributed by atoms with Crippen LogP contribution >= 0.6 is 0 Å². The Labute approximate surface area is 157 Å². The van der Waals surface area contributed by atoms with E-state index in [2.05, 4.69) is 54.4 Å². The van der Waals surface area contributed by atoms with E-state index >= 15 is 0 Å². The van der Waals surface area contributed by atoms with Crippen LogP contribution in [-0.2, 0) is 6.42 Å². The molecular weight excluding hydrogens is 336 g/mol. The number of hydrogen-bond donors (Lipinski definition) is 1. The number of hydrogen-bond acceptors (Lipinski definition) is 2. The molecule has 1 N–H and O–H groups in total. The lowest BCUT2D eigenvalue weighted by Gasteiger charge is -2.35. The zero-order chi connectivity index (χ0) is 18.4. The predicted molar refractivity (Wildman–Crippen MR) is 105 cm³/mol. The first-order valence-electron chi connectivity index (χ1n) is 9.23. The number of furan rings is 1. The summed E-state index contributed by atoms with van der Waals surface area (Å²) in [6.07, 6.45) is 2.38. The fourth-order valence-corrected chi connectivity index (χ4v) is 4.10. The largest absolute Gasteiger partial charge is 0.459 e. The average molecular weight is 356 g/mol. The van der Waals surface area contributed by atoms with Crippen LogP contribution in [0.25, 0.3) is 10.9 Å². The summed E-state index contributed by atoms with van der Waals surface area (Å²) < 4.78 is 5.40. The fourth-order valence-electron chi connectivity index (χ4n) is 4.10. The van der Waals surface area contributed by atoms with Crippen LogP contribution in [0, 0.1) is 6.92 Å². The van der Waals surface area contributed by atoms with Crippen molar-refractivity contribution >= 4 is 16.8 Å². The molecule has 4 nitrogen and oxygen atoms in total. The summed E-state index contributed by atoms with van der Waals surface area (Å²) in [6, 6.07) is 20.1. The summed E-state index contributed by atoms with van der Waals surface area (Å²) in [7, 11) is 0.